The van der Waals surface area contributed by atoms with Gasteiger partial charge in [0.2, 0.25) is 0 Å². The molecular weight excluding hydrogens is 295 g/mol. The van der Waals surface area contributed by atoms with Crippen molar-refractivity contribution in [3.8, 4) is 0 Å². The van der Waals surface area contributed by atoms with Gasteiger partial charge in [-0.2, -0.15) is 0 Å². The highest BCUT2D eigenvalue weighted by atomic mass is 32.2. The summed E-state index contributed by atoms with van der Waals surface area (Å²) in [4.78, 5) is 12.8. The normalized spacial score (nSPS) is 10.4. The molecule has 0 spiro atoms. The van der Waals surface area contributed by atoms with Crippen LogP contribution in [0.4, 0.5) is 4.39 Å². The van der Waals surface area contributed by atoms with E-state index >= 15 is 0 Å². The fourth-order valence-electron chi connectivity index (χ4n) is 1.59. The van der Waals surface area contributed by atoms with Gasteiger partial charge in [0, 0.05) is 21.3 Å². The second kappa shape index (κ2) is 7.36. The summed E-state index contributed by atoms with van der Waals surface area (Å²) in [5.41, 5.74) is -0.272. The molecule has 104 valence electrons. The van der Waals surface area contributed by atoms with Gasteiger partial charge in [-0.25, -0.2) is 9.18 Å². The van der Waals surface area contributed by atoms with Crippen LogP contribution in [-0.4, -0.2) is 22.6 Å². The maximum Gasteiger partial charge on any atom is 0.338 e. The molecule has 20 heavy (non-hydrogen) atoms. The summed E-state index contributed by atoms with van der Waals surface area (Å²) in [5.74, 6) is -0.178. The van der Waals surface area contributed by atoms with Crippen molar-refractivity contribution in [2.75, 3.05) is 11.5 Å². The molecule has 2 aromatic rings. The summed E-state index contributed by atoms with van der Waals surface area (Å²) in [5, 5.41) is 8.86. The van der Waals surface area contributed by atoms with Crippen LogP contribution in [0.15, 0.2) is 58.3 Å². The van der Waals surface area contributed by atoms with Crippen molar-refractivity contribution < 1.29 is 14.3 Å². The predicted molar refractivity (Wildman–Crippen MR) is 81.2 cm³/mol. The average molecular weight is 308 g/mol. The Kier molecular flexibility index (Phi) is 5.49. The van der Waals surface area contributed by atoms with Crippen molar-refractivity contribution in [1.82, 2.24) is 0 Å². The van der Waals surface area contributed by atoms with Gasteiger partial charge in [-0.1, -0.05) is 18.2 Å². The number of hydrogen-bond donors (Lipinski definition) is 1. The highest BCUT2D eigenvalue weighted by Crippen LogP contribution is 2.24. The minimum atomic E-state index is -1.23. The first-order valence-electron chi connectivity index (χ1n) is 6.00. The first-order valence-corrected chi connectivity index (χ1v) is 7.97. The van der Waals surface area contributed by atoms with E-state index in [1.165, 1.54) is 28.8 Å². The average Bonchev–Trinajstić information content (AvgIpc) is 2.46. The lowest BCUT2D eigenvalue weighted by Gasteiger charge is -2.04. The van der Waals surface area contributed by atoms with E-state index in [-0.39, 0.29) is 5.56 Å². The van der Waals surface area contributed by atoms with Gasteiger partial charge in [0.25, 0.3) is 0 Å². The van der Waals surface area contributed by atoms with Crippen LogP contribution in [0.2, 0.25) is 0 Å². The van der Waals surface area contributed by atoms with Crippen molar-refractivity contribution in [1.29, 1.82) is 0 Å². The summed E-state index contributed by atoms with van der Waals surface area (Å²) >= 11 is 3.27. The number of benzene rings is 2. The molecule has 0 atom stereocenters. The Labute approximate surface area is 125 Å². The molecule has 0 saturated heterocycles. The van der Waals surface area contributed by atoms with Crippen LogP contribution in [0.1, 0.15) is 10.4 Å². The first-order chi connectivity index (χ1) is 9.66. The van der Waals surface area contributed by atoms with E-state index in [0.29, 0.717) is 0 Å². The highest BCUT2D eigenvalue weighted by molar-refractivity contribution is 8.03. The molecule has 0 heterocycles. The van der Waals surface area contributed by atoms with Gasteiger partial charge in [-0.05, 0) is 30.3 Å². The molecule has 0 amide bonds. The zero-order chi connectivity index (χ0) is 14.4. The van der Waals surface area contributed by atoms with Gasteiger partial charge in [-0.15, -0.1) is 23.5 Å². The lowest BCUT2D eigenvalue weighted by Crippen LogP contribution is -2.00. The molecule has 2 rings (SSSR count). The third kappa shape index (κ3) is 4.28. The van der Waals surface area contributed by atoms with Crippen LogP contribution >= 0.6 is 23.5 Å². The van der Waals surface area contributed by atoms with Gasteiger partial charge in [0.15, 0.2) is 0 Å². The molecule has 5 heteroatoms. The Bertz CT molecular complexity index is 588. The lowest BCUT2D eigenvalue weighted by atomic mass is 10.2. The third-order valence-electron chi connectivity index (χ3n) is 2.53. The first kappa shape index (κ1) is 14.9. The highest BCUT2D eigenvalue weighted by Gasteiger charge is 2.10. The molecule has 0 unspecified atom stereocenters. The Hall–Kier alpha value is -1.46. The van der Waals surface area contributed by atoms with Gasteiger partial charge in [0.1, 0.15) is 5.82 Å². The lowest BCUT2D eigenvalue weighted by molar-refractivity contribution is 0.0691. The third-order valence-corrected chi connectivity index (χ3v) is 4.80. The predicted octanol–water partition coefficient (Wildman–Crippen LogP) is 4.41. The van der Waals surface area contributed by atoms with Crippen molar-refractivity contribution in [3.05, 3.63) is 59.9 Å². The topological polar surface area (TPSA) is 37.3 Å². The Morgan fingerprint density at radius 2 is 1.65 bits per heavy atom. The Balaban J connectivity index is 1.85. The minimum Gasteiger partial charge on any atom is -0.478 e. The molecule has 2 aromatic carbocycles. The van der Waals surface area contributed by atoms with Crippen LogP contribution in [-0.2, 0) is 0 Å². The number of carbonyl (C=O) groups is 1. The van der Waals surface area contributed by atoms with Crippen LogP contribution in [0.25, 0.3) is 0 Å². The molecule has 0 saturated carbocycles. The summed E-state index contributed by atoms with van der Waals surface area (Å²) in [6, 6.07) is 14.3. The van der Waals surface area contributed by atoms with E-state index in [4.69, 9.17) is 5.11 Å². The van der Waals surface area contributed by atoms with Gasteiger partial charge >= 0.3 is 5.97 Å². The van der Waals surface area contributed by atoms with Gasteiger partial charge in [0.05, 0.1) is 5.56 Å². The minimum absolute atomic E-state index is 0.272. The molecule has 0 aliphatic rings. The molecule has 0 bridgehead atoms. The van der Waals surface area contributed by atoms with E-state index in [2.05, 4.69) is 12.1 Å². The maximum absolute atomic E-state index is 13.2. The zero-order valence-electron chi connectivity index (χ0n) is 10.6. The molecule has 1 N–H and O–H groups in total. The molecular formula is C15H13FO2S2. The number of aromatic carboxylic acids is 1. The van der Waals surface area contributed by atoms with Crippen LogP contribution in [0.5, 0.6) is 0 Å². The molecule has 0 fully saturated rings. The van der Waals surface area contributed by atoms with E-state index in [1.807, 2.05) is 18.2 Å². The summed E-state index contributed by atoms with van der Waals surface area (Å²) in [6.45, 7) is 0. The standard InChI is InChI=1S/C15H13FO2S2/c16-14-7-6-12(10-13(14)15(17)18)20-9-8-19-11-4-2-1-3-5-11/h1-7,10H,8-9H2,(H,17,18). The van der Waals surface area contributed by atoms with Crippen LogP contribution in [0, 0.1) is 5.82 Å². The summed E-state index contributed by atoms with van der Waals surface area (Å²) in [7, 11) is 0. The largest absolute Gasteiger partial charge is 0.478 e. The molecule has 0 aliphatic carbocycles. The molecule has 0 radical (unpaired) electrons. The summed E-state index contributed by atoms with van der Waals surface area (Å²) in [6.07, 6.45) is 0. The van der Waals surface area contributed by atoms with E-state index < -0.39 is 11.8 Å². The fourth-order valence-corrected chi connectivity index (χ4v) is 3.45. The van der Waals surface area contributed by atoms with Gasteiger partial charge in [-0.3, -0.25) is 0 Å². The van der Waals surface area contributed by atoms with Crippen molar-refractivity contribution in [2.24, 2.45) is 0 Å². The number of thioether (sulfide) groups is 2. The number of rotatable bonds is 6. The maximum atomic E-state index is 13.2. The van der Waals surface area contributed by atoms with E-state index in [1.54, 1.807) is 17.8 Å². The fraction of sp³-hybridized carbons (Fsp3) is 0.133. The number of hydrogen-bond acceptors (Lipinski definition) is 3. The molecule has 0 aliphatic heterocycles. The summed E-state index contributed by atoms with van der Waals surface area (Å²) < 4.78 is 13.2. The number of carboxylic acid groups (broad SMARTS) is 1. The van der Waals surface area contributed by atoms with Crippen LogP contribution in [0.3, 0.4) is 0 Å². The molecule has 2 nitrogen and oxygen atoms in total. The second-order valence-corrected chi connectivity index (χ2v) is 6.29. The quantitative estimate of drug-likeness (QED) is 0.633. The SMILES string of the molecule is O=C(O)c1cc(SCCSc2ccccc2)ccc1F. The van der Waals surface area contributed by atoms with E-state index in [9.17, 15) is 9.18 Å². The van der Waals surface area contributed by atoms with Crippen molar-refractivity contribution in [2.45, 2.75) is 9.79 Å². The Morgan fingerprint density at radius 1 is 1.00 bits per heavy atom. The van der Waals surface area contributed by atoms with E-state index in [0.717, 1.165) is 16.4 Å². The van der Waals surface area contributed by atoms with Crippen molar-refractivity contribution >= 4 is 29.5 Å². The number of halogens is 1. The van der Waals surface area contributed by atoms with Crippen molar-refractivity contribution in [3.63, 3.8) is 0 Å². The second-order valence-electron chi connectivity index (χ2n) is 3.96. The van der Waals surface area contributed by atoms with Gasteiger partial charge < -0.3 is 5.11 Å². The Morgan fingerprint density at radius 3 is 2.30 bits per heavy atom. The zero-order valence-corrected chi connectivity index (χ0v) is 12.2. The number of carboxylic acids is 1. The monoisotopic (exact) mass is 308 g/mol. The smallest absolute Gasteiger partial charge is 0.338 e. The molecule has 0 aromatic heterocycles. The van der Waals surface area contributed by atoms with Crippen LogP contribution < -0.4 is 0 Å².